The zero-order chi connectivity index (χ0) is 12.1. The Bertz CT molecular complexity index is 354. The third kappa shape index (κ3) is 2.76. The van der Waals surface area contributed by atoms with Crippen LogP contribution in [0.2, 0.25) is 0 Å². The second-order valence-electron chi connectivity index (χ2n) is 3.62. The first-order valence-electron chi connectivity index (χ1n) is 5.19. The number of carbonyl (C=O) groups excluding carboxylic acids is 1. The highest BCUT2D eigenvalue weighted by atomic mass is 32.1. The average molecular weight is 243 g/mol. The largest absolute Gasteiger partial charge is 0.383 e. The zero-order valence-corrected chi connectivity index (χ0v) is 10.9. The van der Waals surface area contributed by atoms with Gasteiger partial charge in [0.1, 0.15) is 4.88 Å². The normalized spacial score (nSPS) is 12.5. The monoisotopic (exact) mass is 243 g/mol. The molecule has 0 saturated carbocycles. The Balaban J connectivity index is 2.77. The molecule has 0 aliphatic carbocycles. The van der Waals surface area contributed by atoms with Crippen molar-refractivity contribution in [3.05, 3.63) is 10.6 Å². The molecule has 1 rings (SSSR count). The van der Waals surface area contributed by atoms with Gasteiger partial charge in [0, 0.05) is 14.2 Å². The number of likely N-dealkylation sites (N-methyl/N-ethyl adjacent to an activating group) is 1. The highest BCUT2D eigenvalue weighted by molar-refractivity contribution is 7.07. The Morgan fingerprint density at radius 1 is 1.62 bits per heavy atom. The van der Waals surface area contributed by atoms with Gasteiger partial charge in [-0.05, 0) is 24.9 Å². The standard InChI is InChI=1S/C10H17N3O2S/c1-5-8-9(16-12-11-8)10(14)13(3)7(2)6-15-4/h7H,5-6H2,1-4H3. The van der Waals surface area contributed by atoms with E-state index in [0.717, 1.165) is 23.6 Å². The number of rotatable bonds is 5. The van der Waals surface area contributed by atoms with Gasteiger partial charge in [-0.2, -0.15) is 0 Å². The van der Waals surface area contributed by atoms with Gasteiger partial charge in [-0.1, -0.05) is 11.4 Å². The van der Waals surface area contributed by atoms with E-state index >= 15 is 0 Å². The smallest absolute Gasteiger partial charge is 0.267 e. The lowest BCUT2D eigenvalue weighted by Gasteiger charge is -2.23. The van der Waals surface area contributed by atoms with E-state index < -0.39 is 0 Å². The molecule has 1 unspecified atom stereocenters. The van der Waals surface area contributed by atoms with Crippen LogP contribution in [0.15, 0.2) is 0 Å². The second kappa shape index (κ2) is 5.91. The van der Waals surface area contributed by atoms with Crippen LogP contribution < -0.4 is 0 Å². The number of hydrogen-bond donors (Lipinski definition) is 0. The summed E-state index contributed by atoms with van der Waals surface area (Å²) >= 11 is 1.15. The molecule has 0 aromatic carbocycles. The lowest BCUT2D eigenvalue weighted by Crippen LogP contribution is -2.37. The molecule has 1 heterocycles. The van der Waals surface area contributed by atoms with Gasteiger partial charge >= 0.3 is 0 Å². The van der Waals surface area contributed by atoms with E-state index in [1.54, 1.807) is 19.1 Å². The number of nitrogens with zero attached hydrogens (tertiary/aromatic N) is 3. The lowest BCUT2D eigenvalue weighted by molar-refractivity contribution is 0.0637. The molecule has 0 spiro atoms. The summed E-state index contributed by atoms with van der Waals surface area (Å²) in [7, 11) is 3.39. The highest BCUT2D eigenvalue weighted by Gasteiger charge is 2.22. The molecular formula is C10H17N3O2S. The number of hydrogen-bond acceptors (Lipinski definition) is 5. The van der Waals surface area contributed by atoms with Crippen LogP contribution in [0.5, 0.6) is 0 Å². The third-order valence-corrected chi connectivity index (χ3v) is 3.23. The highest BCUT2D eigenvalue weighted by Crippen LogP contribution is 2.14. The van der Waals surface area contributed by atoms with Gasteiger partial charge in [0.15, 0.2) is 0 Å². The Labute approximate surface area is 99.6 Å². The number of methoxy groups -OCH3 is 1. The third-order valence-electron chi connectivity index (χ3n) is 2.47. The van der Waals surface area contributed by atoms with Crippen LogP contribution >= 0.6 is 11.5 Å². The molecule has 0 N–H and O–H groups in total. The number of ether oxygens (including phenoxy) is 1. The summed E-state index contributed by atoms with van der Waals surface area (Å²) in [5, 5.41) is 3.93. The summed E-state index contributed by atoms with van der Waals surface area (Å²) in [5.74, 6) is -0.0311. The molecule has 0 aliphatic heterocycles. The van der Waals surface area contributed by atoms with Crippen LogP contribution in [0.3, 0.4) is 0 Å². The van der Waals surface area contributed by atoms with Crippen molar-refractivity contribution in [2.75, 3.05) is 20.8 Å². The first kappa shape index (κ1) is 13.1. The fourth-order valence-electron chi connectivity index (χ4n) is 1.32. The minimum atomic E-state index is -0.0311. The summed E-state index contributed by atoms with van der Waals surface area (Å²) in [4.78, 5) is 14.4. The van der Waals surface area contributed by atoms with Gasteiger partial charge in [0.2, 0.25) is 0 Å². The van der Waals surface area contributed by atoms with Crippen molar-refractivity contribution in [2.45, 2.75) is 26.3 Å². The number of carbonyl (C=O) groups is 1. The van der Waals surface area contributed by atoms with Crippen molar-refractivity contribution in [1.29, 1.82) is 0 Å². The van der Waals surface area contributed by atoms with Gasteiger partial charge in [-0.3, -0.25) is 4.79 Å². The van der Waals surface area contributed by atoms with Crippen LogP contribution in [0, 0.1) is 0 Å². The molecule has 6 heteroatoms. The molecule has 0 bridgehead atoms. The molecule has 0 saturated heterocycles. The minimum absolute atomic E-state index is 0.0311. The van der Waals surface area contributed by atoms with E-state index in [9.17, 15) is 4.79 Å². The molecule has 0 fully saturated rings. The van der Waals surface area contributed by atoms with Crippen molar-refractivity contribution in [2.24, 2.45) is 0 Å². The fraction of sp³-hybridized carbons (Fsp3) is 0.700. The molecule has 1 atom stereocenters. The topological polar surface area (TPSA) is 55.3 Å². The zero-order valence-electron chi connectivity index (χ0n) is 10.1. The first-order chi connectivity index (χ1) is 7.61. The number of aryl methyl sites for hydroxylation is 1. The van der Waals surface area contributed by atoms with E-state index in [0.29, 0.717) is 11.5 Å². The van der Waals surface area contributed by atoms with Crippen molar-refractivity contribution in [1.82, 2.24) is 14.5 Å². The van der Waals surface area contributed by atoms with E-state index in [2.05, 4.69) is 9.59 Å². The Kier molecular flexibility index (Phi) is 4.82. The van der Waals surface area contributed by atoms with E-state index in [-0.39, 0.29) is 11.9 Å². The molecule has 0 aliphatic rings. The molecule has 1 aromatic rings. The summed E-state index contributed by atoms with van der Waals surface area (Å²) in [6, 6.07) is 0.0457. The minimum Gasteiger partial charge on any atom is -0.383 e. The van der Waals surface area contributed by atoms with E-state index in [1.807, 2.05) is 13.8 Å². The van der Waals surface area contributed by atoms with Crippen molar-refractivity contribution in [3.8, 4) is 0 Å². The van der Waals surface area contributed by atoms with Gasteiger partial charge in [-0.25, -0.2) is 0 Å². The van der Waals surface area contributed by atoms with Gasteiger partial charge < -0.3 is 9.64 Å². The van der Waals surface area contributed by atoms with Gasteiger partial charge in [-0.15, -0.1) is 5.10 Å². The van der Waals surface area contributed by atoms with Crippen molar-refractivity contribution >= 4 is 17.4 Å². The predicted octanol–water partition coefficient (Wildman–Crippen LogP) is 1.21. The molecule has 0 radical (unpaired) electrons. The average Bonchev–Trinajstić information content (AvgIpc) is 2.75. The summed E-state index contributed by atoms with van der Waals surface area (Å²) < 4.78 is 8.84. The maximum Gasteiger partial charge on any atom is 0.267 e. The van der Waals surface area contributed by atoms with Crippen LogP contribution in [0.4, 0.5) is 0 Å². The number of aromatic nitrogens is 2. The molecular weight excluding hydrogens is 226 g/mol. The van der Waals surface area contributed by atoms with E-state index in [1.165, 1.54) is 0 Å². The van der Waals surface area contributed by atoms with E-state index in [4.69, 9.17) is 4.74 Å². The van der Waals surface area contributed by atoms with Gasteiger partial charge in [0.25, 0.3) is 5.91 Å². The van der Waals surface area contributed by atoms with Crippen molar-refractivity contribution < 1.29 is 9.53 Å². The first-order valence-corrected chi connectivity index (χ1v) is 5.96. The summed E-state index contributed by atoms with van der Waals surface area (Å²) in [5.41, 5.74) is 0.770. The number of amides is 1. The molecule has 90 valence electrons. The molecule has 16 heavy (non-hydrogen) atoms. The Morgan fingerprint density at radius 2 is 2.31 bits per heavy atom. The Morgan fingerprint density at radius 3 is 2.88 bits per heavy atom. The predicted molar refractivity (Wildman–Crippen MR) is 62.7 cm³/mol. The summed E-state index contributed by atoms with van der Waals surface area (Å²) in [6.07, 6.45) is 0.726. The van der Waals surface area contributed by atoms with Crippen LogP contribution in [0.1, 0.15) is 29.2 Å². The molecule has 5 nitrogen and oxygen atoms in total. The maximum absolute atomic E-state index is 12.1. The Hall–Kier alpha value is -1.01. The van der Waals surface area contributed by atoms with Crippen LogP contribution in [-0.2, 0) is 11.2 Å². The van der Waals surface area contributed by atoms with Crippen LogP contribution in [0.25, 0.3) is 0 Å². The van der Waals surface area contributed by atoms with Crippen LogP contribution in [-0.4, -0.2) is 47.2 Å². The van der Waals surface area contributed by atoms with Crippen molar-refractivity contribution in [3.63, 3.8) is 0 Å². The second-order valence-corrected chi connectivity index (χ2v) is 4.38. The maximum atomic E-state index is 12.1. The summed E-state index contributed by atoms with van der Waals surface area (Å²) in [6.45, 7) is 4.43. The SMILES string of the molecule is CCc1nnsc1C(=O)N(C)C(C)COC. The molecule has 1 amide bonds. The fourth-order valence-corrected chi connectivity index (χ4v) is 2.05. The quantitative estimate of drug-likeness (QED) is 0.780. The lowest BCUT2D eigenvalue weighted by atomic mass is 10.2. The molecule has 1 aromatic heterocycles. The van der Waals surface area contributed by atoms with Gasteiger partial charge in [0.05, 0.1) is 18.3 Å².